The number of nitrogens with zero attached hydrogens (tertiary/aromatic N) is 4. The molecule has 2 heterocycles. The van der Waals surface area contributed by atoms with Crippen LogP contribution in [0.5, 0.6) is 5.75 Å². The van der Waals surface area contributed by atoms with Gasteiger partial charge in [-0.1, -0.05) is 44.0 Å². The van der Waals surface area contributed by atoms with E-state index in [-0.39, 0.29) is 21.2 Å². The molecule has 0 aliphatic rings. The number of benzene rings is 1. The van der Waals surface area contributed by atoms with Crippen molar-refractivity contribution in [2.75, 3.05) is 0 Å². The maximum absolute atomic E-state index is 9.70. The summed E-state index contributed by atoms with van der Waals surface area (Å²) in [6.07, 6.45) is 1.91. The first-order chi connectivity index (χ1) is 10.7. The molecule has 0 aliphatic carbocycles. The van der Waals surface area contributed by atoms with E-state index in [0.29, 0.717) is 11.5 Å². The molecule has 2 aromatic heterocycles. The Hall–Kier alpha value is -1.85. The van der Waals surface area contributed by atoms with Gasteiger partial charge in [-0.3, -0.25) is 0 Å². The summed E-state index contributed by atoms with van der Waals surface area (Å²) in [4.78, 5) is 4.45. The van der Waals surface area contributed by atoms with Crippen LogP contribution in [-0.2, 0) is 5.41 Å². The quantitative estimate of drug-likeness (QED) is 0.731. The second-order valence-electron chi connectivity index (χ2n) is 6.46. The van der Waals surface area contributed by atoms with Crippen molar-refractivity contribution in [3.8, 4) is 5.75 Å². The standard InChI is InChI=1S/C16H16Cl2N4O/c1-8-19-15-10(14(16(2,3)4)21-22(15)20-8)5-9-6-11(17)13(23)12(18)7-9/h5-7,23H,1-4H3/b10-5-. The van der Waals surface area contributed by atoms with Gasteiger partial charge in [-0.25, -0.2) is 4.98 Å². The van der Waals surface area contributed by atoms with E-state index in [2.05, 4.69) is 36.0 Å². The van der Waals surface area contributed by atoms with Gasteiger partial charge in [0.25, 0.3) is 0 Å². The summed E-state index contributed by atoms with van der Waals surface area (Å²) in [7, 11) is 0. The topological polar surface area (TPSA) is 63.3 Å². The van der Waals surface area contributed by atoms with E-state index in [0.717, 1.165) is 16.5 Å². The summed E-state index contributed by atoms with van der Waals surface area (Å²) < 4.78 is 1.55. The van der Waals surface area contributed by atoms with Crippen LogP contribution < -0.4 is 5.22 Å². The lowest BCUT2D eigenvalue weighted by Crippen LogP contribution is -2.22. The van der Waals surface area contributed by atoms with Crippen LogP contribution in [0.4, 0.5) is 0 Å². The van der Waals surface area contributed by atoms with Gasteiger partial charge in [0.05, 0.1) is 15.7 Å². The first-order valence-corrected chi connectivity index (χ1v) is 7.86. The molecule has 1 N–H and O–H groups in total. The summed E-state index contributed by atoms with van der Waals surface area (Å²) in [6.45, 7) is 8.06. The van der Waals surface area contributed by atoms with Gasteiger partial charge in [-0.15, -0.1) is 9.73 Å². The third kappa shape index (κ3) is 2.86. The third-order valence-corrected chi connectivity index (χ3v) is 4.02. The van der Waals surface area contributed by atoms with E-state index < -0.39 is 0 Å². The molecule has 0 saturated heterocycles. The molecule has 0 unspecified atom stereocenters. The first-order valence-electron chi connectivity index (χ1n) is 7.10. The molecule has 5 nitrogen and oxygen atoms in total. The molecule has 3 rings (SSSR count). The molecule has 23 heavy (non-hydrogen) atoms. The number of hydrogen-bond donors (Lipinski definition) is 1. The smallest absolute Gasteiger partial charge is 0.185 e. The van der Waals surface area contributed by atoms with Crippen LogP contribution in [-0.4, -0.2) is 24.9 Å². The maximum Gasteiger partial charge on any atom is 0.185 e. The number of aryl methyl sites for hydroxylation is 1. The molecule has 120 valence electrons. The normalized spacial score (nSPS) is 13.2. The summed E-state index contributed by atoms with van der Waals surface area (Å²) >= 11 is 12.0. The zero-order valence-corrected chi connectivity index (χ0v) is 14.7. The minimum absolute atomic E-state index is 0.120. The van der Waals surface area contributed by atoms with E-state index in [4.69, 9.17) is 23.2 Å². The zero-order valence-electron chi connectivity index (χ0n) is 13.2. The molecule has 0 fully saturated rings. The highest BCUT2D eigenvalue weighted by Gasteiger charge is 2.22. The number of aromatic hydroxyl groups is 1. The average molecular weight is 351 g/mol. The van der Waals surface area contributed by atoms with Crippen molar-refractivity contribution < 1.29 is 5.11 Å². The van der Waals surface area contributed by atoms with Crippen molar-refractivity contribution in [2.24, 2.45) is 0 Å². The minimum atomic E-state index is -0.174. The molecule has 0 saturated carbocycles. The van der Waals surface area contributed by atoms with Crippen molar-refractivity contribution in [2.45, 2.75) is 33.1 Å². The van der Waals surface area contributed by atoms with E-state index in [1.165, 1.54) is 0 Å². The Bertz CT molecular complexity index is 934. The monoisotopic (exact) mass is 350 g/mol. The van der Waals surface area contributed by atoms with Crippen LogP contribution >= 0.6 is 23.2 Å². The predicted molar refractivity (Wildman–Crippen MR) is 91.1 cm³/mol. The summed E-state index contributed by atoms with van der Waals surface area (Å²) in [5, 5.41) is 19.8. The van der Waals surface area contributed by atoms with Crippen molar-refractivity contribution >= 4 is 34.9 Å². The number of phenols is 1. The Labute approximate surface area is 143 Å². The Morgan fingerprint density at radius 1 is 1.13 bits per heavy atom. The predicted octanol–water partition coefficient (Wildman–Crippen LogP) is 3.29. The van der Waals surface area contributed by atoms with Gasteiger partial charge in [-0.2, -0.15) is 5.10 Å². The molecule has 0 radical (unpaired) electrons. The van der Waals surface area contributed by atoms with Crippen molar-refractivity contribution in [1.29, 1.82) is 0 Å². The Morgan fingerprint density at radius 2 is 1.74 bits per heavy atom. The summed E-state index contributed by atoms with van der Waals surface area (Å²) in [5.74, 6) is 0.537. The molecule has 0 atom stereocenters. The van der Waals surface area contributed by atoms with E-state index in [9.17, 15) is 5.11 Å². The van der Waals surface area contributed by atoms with Crippen LogP contribution in [0.1, 0.15) is 37.9 Å². The second-order valence-corrected chi connectivity index (χ2v) is 7.28. The van der Waals surface area contributed by atoms with E-state index >= 15 is 0 Å². The molecule has 0 amide bonds. The molecular weight excluding hydrogens is 335 g/mol. The van der Waals surface area contributed by atoms with Gasteiger partial charge >= 0.3 is 0 Å². The summed E-state index contributed by atoms with van der Waals surface area (Å²) in [6, 6.07) is 3.31. The van der Waals surface area contributed by atoms with Gasteiger partial charge in [-0.05, 0) is 30.7 Å². The van der Waals surface area contributed by atoms with Gasteiger partial charge < -0.3 is 5.11 Å². The van der Waals surface area contributed by atoms with Gasteiger partial charge in [0.2, 0.25) is 0 Å². The molecule has 0 bridgehead atoms. The first kappa shape index (κ1) is 16.0. The summed E-state index contributed by atoms with van der Waals surface area (Å²) in [5.41, 5.74) is 2.16. The van der Waals surface area contributed by atoms with Crippen molar-refractivity contribution in [3.63, 3.8) is 0 Å². The average Bonchev–Trinajstić information content (AvgIpc) is 2.93. The third-order valence-electron chi connectivity index (χ3n) is 3.45. The van der Waals surface area contributed by atoms with Crippen LogP contribution in [0.25, 0.3) is 11.7 Å². The lowest BCUT2D eigenvalue weighted by atomic mass is 9.91. The number of aromatic nitrogens is 4. The SMILES string of the molecule is Cc1nc2/c(=C\c3cc(Cl)c(O)c(Cl)c3)c(C(C)(C)C)nn2n1. The molecule has 0 spiro atoms. The largest absolute Gasteiger partial charge is 0.505 e. The highest BCUT2D eigenvalue weighted by atomic mass is 35.5. The van der Waals surface area contributed by atoms with E-state index in [1.807, 2.05) is 13.0 Å². The highest BCUT2D eigenvalue weighted by molar-refractivity contribution is 6.37. The number of rotatable bonds is 1. The van der Waals surface area contributed by atoms with Crippen molar-refractivity contribution in [1.82, 2.24) is 19.8 Å². The molecular formula is C16H16Cl2N4O. The van der Waals surface area contributed by atoms with Gasteiger partial charge in [0.15, 0.2) is 11.4 Å². The molecule has 7 heteroatoms. The fraction of sp³-hybridized carbons (Fsp3) is 0.312. The Balaban J connectivity index is 2.33. The van der Waals surface area contributed by atoms with Crippen LogP contribution in [0.3, 0.4) is 0 Å². The lowest BCUT2D eigenvalue weighted by molar-refractivity contribution is 0.476. The highest BCUT2D eigenvalue weighted by Crippen LogP contribution is 2.33. The molecule has 3 aromatic rings. The number of halogens is 2. The fourth-order valence-corrected chi connectivity index (χ4v) is 2.92. The van der Waals surface area contributed by atoms with Gasteiger partial charge in [0, 0.05) is 10.6 Å². The van der Waals surface area contributed by atoms with Crippen LogP contribution in [0, 0.1) is 6.92 Å². The molecule has 0 aliphatic heterocycles. The Kier molecular flexibility index (Phi) is 3.73. The van der Waals surface area contributed by atoms with Gasteiger partial charge in [0.1, 0.15) is 5.82 Å². The fourth-order valence-electron chi connectivity index (χ4n) is 2.42. The lowest BCUT2D eigenvalue weighted by Gasteiger charge is -2.14. The van der Waals surface area contributed by atoms with Crippen LogP contribution in [0.15, 0.2) is 12.1 Å². The minimum Gasteiger partial charge on any atom is -0.505 e. The second kappa shape index (κ2) is 5.35. The number of phenolic OH excluding ortho intramolecular Hbond substituents is 1. The number of hydrogen-bond acceptors (Lipinski definition) is 4. The van der Waals surface area contributed by atoms with E-state index in [1.54, 1.807) is 16.8 Å². The zero-order chi connectivity index (χ0) is 16.9. The Morgan fingerprint density at radius 3 is 2.30 bits per heavy atom. The van der Waals surface area contributed by atoms with Crippen molar-refractivity contribution in [3.05, 3.63) is 44.5 Å². The van der Waals surface area contributed by atoms with Crippen LogP contribution in [0.2, 0.25) is 10.0 Å². The maximum atomic E-state index is 9.70. The molecule has 1 aromatic carbocycles. The number of fused-ring (bicyclic) bond motifs is 1.